The van der Waals surface area contributed by atoms with Crippen molar-refractivity contribution >= 4 is 27.8 Å². The van der Waals surface area contributed by atoms with Crippen molar-refractivity contribution in [1.82, 2.24) is 5.32 Å². The number of benzene rings is 1. The molecular weight excluding hydrogens is 326 g/mol. The van der Waals surface area contributed by atoms with Crippen LogP contribution >= 0.6 is 15.9 Å². The molecular formula is C14H16BrNO4. The molecule has 20 heavy (non-hydrogen) atoms. The van der Waals surface area contributed by atoms with Gasteiger partial charge in [0.05, 0.1) is 18.8 Å². The Balaban J connectivity index is 2.51. The van der Waals surface area contributed by atoms with E-state index < -0.39 is 5.97 Å². The third-order valence-corrected chi connectivity index (χ3v) is 2.86. The van der Waals surface area contributed by atoms with Crippen LogP contribution in [0.5, 0.6) is 0 Å². The molecule has 1 rings (SSSR count). The number of carboxylic acids is 1. The maximum atomic E-state index is 11.9. The minimum atomic E-state index is -1.08. The van der Waals surface area contributed by atoms with Gasteiger partial charge in [-0.3, -0.25) is 4.79 Å². The number of carboxylic acid groups (broad SMARTS) is 1. The van der Waals surface area contributed by atoms with E-state index in [9.17, 15) is 9.59 Å². The maximum absolute atomic E-state index is 11.9. The Hall–Kier alpha value is -1.66. The molecule has 0 fully saturated rings. The molecule has 0 spiro atoms. The quantitative estimate of drug-likeness (QED) is 0.562. The van der Waals surface area contributed by atoms with Gasteiger partial charge in [-0.1, -0.05) is 22.0 Å². The fourth-order valence-electron chi connectivity index (χ4n) is 1.45. The molecule has 0 saturated carbocycles. The van der Waals surface area contributed by atoms with Crippen LogP contribution in [-0.4, -0.2) is 36.7 Å². The molecule has 1 aromatic carbocycles. The number of amides is 1. The van der Waals surface area contributed by atoms with Crippen LogP contribution in [0.15, 0.2) is 35.3 Å². The van der Waals surface area contributed by atoms with Crippen molar-refractivity contribution in [3.8, 4) is 0 Å². The molecule has 5 nitrogen and oxygen atoms in total. The van der Waals surface area contributed by atoms with Gasteiger partial charge >= 0.3 is 5.97 Å². The second-order valence-electron chi connectivity index (χ2n) is 3.98. The number of aromatic carboxylic acids is 1. The van der Waals surface area contributed by atoms with Gasteiger partial charge in [0.2, 0.25) is 0 Å². The number of nitrogens with one attached hydrogen (secondary N) is 1. The molecule has 1 aromatic rings. The fraction of sp³-hybridized carbons (Fsp3) is 0.286. The van der Waals surface area contributed by atoms with Gasteiger partial charge in [-0.25, -0.2) is 4.79 Å². The molecule has 2 N–H and O–H groups in total. The molecule has 0 heterocycles. The standard InChI is InChI=1S/C14H16BrNO4/c1-2-3-5-20-6-4-16-13(17)10-7-11(14(18)19)9-12(15)8-10/h2,7-9H,1,3-6H2,(H,16,17)(H,18,19). The lowest BCUT2D eigenvalue weighted by molar-refractivity contribution is 0.0697. The summed E-state index contributed by atoms with van der Waals surface area (Å²) >= 11 is 3.18. The van der Waals surface area contributed by atoms with Crippen LogP contribution < -0.4 is 5.32 Å². The predicted octanol–water partition coefficient (Wildman–Crippen LogP) is 2.47. The molecule has 0 aliphatic rings. The van der Waals surface area contributed by atoms with Crippen LogP contribution in [0.3, 0.4) is 0 Å². The Bertz CT molecular complexity index is 502. The predicted molar refractivity (Wildman–Crippen MR) is 79.1 cm³/mol. The highest BCUT2D eigenvalue weighted by Gasteiger charge is 2.11. The maximum Gasteiger partial charge on any atom is 0.335 e. The first kappa shape index (κ1) is 16.4. The second-order valence-corrected chi connectivity index (χ2v) is 4.90. The average Bonchev–Trinajstić information content (AvgIpc) is 2.41. The smallest absolute Gasteiger partial charge is 0.335 e. The number of ether oxygens (including phenoxy) is 1. The van der Waals surface area contributed by atoms with Gasteiger partial charge in [-0.05, 0) is 24.6 Å². The first-order chi connectivity index (χ1) is 9.54. The zero-order valence-electron chi connectivity index (χ0n) is 10.9. The molecule has 0 bridgehead atoms. The number of hydrogen-bond acceptors (Lipinski definition) is 3. The summed E-state index contributed by atoms with van der Waals surface area (Å²) in [4.78, 5) is 22.8. The van der Waals surface area contributed by atoms with Gasteiger partial charge < -0.3 is 15.2 Å². The lowest BCUT2D eigenvalue weighted by Gasteiger charge is -2.07. The van der Waals surface area contributed by atoms with Gasteiger partial charge in [-0.15, -0.1) is 6.58 Å². The summed E-state index contributed by atoms with van der Waals surface area (Å²) in [7, 11) is 0. The normalized spacial score (nSPS) is 10.1. The summed E-state index contributed by atoms with van der Waals surface area (Å²) < 4.78 is 5.80. The number of halogens is 1. The van der Waals surface area contributed by atoms with Gasteiger partial charge in [0.1, 0.15) is 0 Å². The van der Waals surface area contributed by atoms with E-state index in [1.165, 1.54) is 12.1 Å². The summed E-state index contributed by atoms with van der Waals surface area (Å²) in [6, 6.07) is 4.35. The zero-order valence-corrected chi connectivity index (χ0v) is 12.5. The molecule has 108 valence electrons. The van der Waals surface area contributed by atoms with Crippen LogP contribution in [0, 0.1) is 0 Å². The molecule has 6 heteroatoms. The van der Waals surface area contributed by atoms with Crippen molar-refractivity contribution in [2.75, 3.05) is 19.8 Å². The number of rotatable bonds is 8. The van der Waals surface area contributed by atoms with Gasteiger partial charge in [0, 0.05) is 16.6 Å². The molecule has 0 atom stereocenters. The summed E-state index contributed by atoms with van der Waals surface area (Å²) in [6.07, 6.45) is 2.52. The first-order valence-electron chi connectivity index (χ1n) is 6.05. The van der Waals surface area contributed by atoms with E-state index >= 15 is 0 Å². The van der Waals surface area contributed by atoms with E-state index in [2.05, 4.69) is 27.8 Å². The topological polar surface area (TPSA) is 75.6 Å². The summed E-state index contributed by atoms with van der Waals surface area (Å²) in [5.74, 6) is -1.41. The second kappa shape index (κ2) is 8.50. The van der Waals surface area contributed by atoms with E-state index in [1.807, 2.05) is 0 Å². The highest BCUT2D eigenvalue weighted by molar-refractivity contribution is 9.10. The number of carbonyl (C=O) groups excluding carboxylic acids is 1. The van der Waals surface area contributed by atoms with E-state index in [4.69, 9.17) is 9.84 Å². The molecule has 0 radical (unpaired) electrons. The van der Waals surface area contributed by atoms with Crippen LogP contribution in [0.2, 0.25) is 0 Å². The van der Waals surface area contributed by atoms with E-state index in [1.54, 1.807) is 12.1 Å². The van der Waals surface area contributed by atoms with E-state index in [0.29, 0.717) is 29.8 Å². The fourth-order valence-corrected chi connectivity index (χ4v) is 1.94. The highest BCUT2D eigenvalue weighted by atomic mass is 79.9. The van der Waals surface area contributed by atoms with Gasteiger partial charge in [-0.2, -0.15) is 0 Å². The van der Waals surface area contributed by atoms with Crippen molar-refractivity contribution in [2.45, 2.75) is 6.42 Å². The summed E-state index contributed by atoms with van der Waals surface area (Å²) in [6.45, 7) is 4.91. The van der Waals surface area contributed by atoms with Crippen LogP contribution in [0.4, 0.5) is 0 Å². The molecule has 0 unspecified atom stereocenters. The molecule has 0 saturated heterocycles. The van der Waals surface area contributed by atoms with Crippen molar-refractivity contribution in [1.29, 1.82) is 0 Å². The molecule has 1 amide bonds. The average molecular weight is 342 g/mol. The molecule has 0 aromatic heterocycles. The SMILES string of the molecule is C=CCCOCCNC(=O)c1cc(Br)cc(C(=O)O)c1. The van der Waals surface area contributed by atoms with Crippen molar-refractivity contribution < 1.29 is 19.4 Å². The Kier molecular flexibility index (Phi) is 6.97. The Labute approximate surface area is 125 Å². The lowest BCUT2D eigenvalue weighted by atomic mass is 10.1. The molecule has 0 aliphatic carbocycles. The number of carbonyl (C=O) groups is 2. The zero-order chi connectivity index (χ0) is 15.0. The third kappa shape index (κ3) is 5.54. The summed E-state index contributed by atoms with van der Waals surface area (Å²) in [5, 5.41) is 11.6. The van der Waals surface area contributed by atoms with E-state index in [-0.39, 0.29) is 11.5 Å². The summed E-state index contributed by atoms with van der Waals surface area (Å²) in [5.41, 5.74) is 0.356. The largest absolute Gasteiger partial charge is 0.478 e. The van der Waals surface area contributed by atoms with Crippen molar-refractivity contribution in [2.24, 2.45) is 0 Å². The number of hydrogen-bond donors (Lipinski definition) is 2. The Morgan fingerprint density at radius 3 is 2.65 bits per heavy atom. The van der Waals surface area contributed by atoms with Crippen molar-refractivity contribution in [3.63, 3.8) is 0 Å². The highest BCUT2D eigenvalue weighted by Crippen LogP contribution is 2.16. The molecule has 0 aliphatic heterocycles. The first-order valence-corrected chi connectivity index (χ1v) is 6.84. The Morgan fingerprint density at radius 1 is 1.30 bits per heavy atom. The lowest BCUT2D eigenvalue weighted by Crippen LogP contribution is -2.27. The van der Waals surface area contributed by atoms with Crippen LogP contribution in [0.1, 0.15) is 27.1 Å². The Morgan fingerprint density at radius 2 is 2.00 bits per heavy atom. The van der Waals surface area contributed by atoms with E-state index in [0.717, 1.165) is 6.42 Å². The minimum Gasteiger partial charge on any atom is -0.478 e. The van der Waals surface area contributed by atoms with Crippen molar-refractivity contribution in [3.05, 3.63) is 46.5 Å². The monoisotopic (exact) mass is 341 g/mol. The van der Waals surface area contributed by atoms with Gasteiger partial charge in [0.25, 0.3) is 5.91 Å². The van der Waals surface area contributed by atoms with Crippen LogP contribution in [0.25, 0.3) is 0 Å². The van der Waals surface area contributed by atoms with Crippen LogP contribution in [-0.2, 0) is 4.74 Å². The minimum absolute atomic E-state index is 0.0618. The van der Waals surface area contributed by atoms with Gasteiger partial charge in [0.15, 0.2) is 0 Å². The third-order valence-electron chi connectivity index (χ3n) is 2.41.